The minimum absolute atomic E-state index is 0.154. The lowest BCUT2D eigenvalue weighted by Gasteiger charge is -2.20. The number of carbonyl (C=O) groups is 3. The number of fused-ring (bicyclic) bond motifs is 1. The van der Waals surface area contributed by atoms with Gasteiger partial charge in [-0.25, -0.2) is 9.78 Å². The van der Waals surface area contributed by atoms with Crippen molar-refractivity contribution in [3.05, 3.63) is 48.5 Å². The summed E-state index contributed by atoms with van der Waals surface area (Å²) < 4.78 is 1.06. The highest BCUT2D eigenvalue weighted by atomic mass is 32.1. The Kier molecular flexibility index (Phi) is 4.32. The Hall–Kier alpha value is -3.26. The van der Waals surface area contributed by atoms with Crippen LogP contribution in [0.1, 0.15) is 19.8 Å². The Morgan fingerprint density at radius 3 is 2.70 bits per heavy atom. The molecule has 1 aliphatic carbocycles. The van der Waals surface area contributed by atoms with Gasteiger partial charge in [0, 0.05) is 5.56 Å². The summed E-state index contributed by atoms with van der Waals surface area (Å²) in [7, 11) is 0. The highest BCUT2D eigenvalue weighted by Crippen LogP contribution is 2.42. The molecule has 8 heteroatoms. The molecule has 2 heterocycles. The second-order valence-corrected chi connectivity index (χ2v) is 8.91. The number of hydrogen-bond acceptors (Lipinski definition) is 5. The average Bonchev–Trinajstić information content (AvgIpc) is 3.47. The Labute approximate surface area is 177 Å². The summed E-state index contributed by atoms with van der Waals surface area (Å²) in [5.41, 5.74) is 1.40. The molecule has 3 aromatic rings. The monoisotopic (exact) mass is 420 g/mol. The Morgan fingerprint density at radius 2 is 1.93 bits per heavy atom. The number of anilines is 1. The van der Waals surface area contributed by atoms with Crippen LogP contribution in [0.25, 0.3) is 20.8 Å². The normalized spacial score (nSPS) is 21.2. The number of imide groups is 1. The average molecular weight is 420 g/mol. The number of benzene rings is 2. The first-order valence-electron chi connectivity index (χ1n) is 9.84. The molecule has 30 heavy (non-hydrogen) atoms. The lowest BCUT2D eigenvalue weighted by atomic mass is 9.96. The van der Waals surface area contributed by atoms with Crippen LogP contribution in [0.5, 0.6) is 0 Å². The van der Waals surface area contributed by atoms with Gasteiger partial charge in [0.25, 0.3) is 5.91 Å². The zero-order valence-electron chi connectivity index (χ0n) is 16.3. The summed E-state index contributed by atoms with van der Waals surface area (Å²) >= 11 is 1.54. The summed E-state index contributed by atoms with van der Waals surface area (Å²) in [4.78, 5) is 43.4. The van der Waals surface area contributed by atoms with Crippen molar-refractivity contribution in [3.8, 4) is 10.6 Å². The predicted molar refractivity (Wildman–Crippen MR) is 115 cm³/mol. The van der Waals surface area contributed by atoms with E-state index in [1.165, 1.54) is 0 Å². The highest BCUT2D eigenvalue weighted by Gasteiger charge is 2.56. The van der Waals surface area contributed by atoms with Crippen LogP contribution in [-0.4, -0.2) is 39.8 Å². The van der Waals surface area contributed by atoms with E-state index in [1.54, 1.807) is 24.3 Å². The Bertz CT molecular complexity index is 1150. The second-order valence-electron chi connectivity index (χ2n) is 7.88. The molecule has 7 nitrogen and oxygen atoms in total. The standard InChI is InChI=1S/C22H20N4O3S/c1-22(13-10-11-13)20(28)26(21(29)25-22)12-18(27)23-15-7-3-2-6-14(15)19-24-16-8-4-5-9-17(16)30-19/h2-9,13H,10-12H2,1H3,(H,23,27)(H,25,29). The number of nitrogens with zero attached hydrogens (tertiary/aromatic N) is 2. The highest BCUT2D eigenvalue weighted by molar-refractivity contribution is 7.21. The fourth-order valence-corrected chi connectivity index (χ4v) is 4.90. The molecule has 5 rings (SSSR count). The van der Waals surface area contributed by atoms with E-state index < -0.39 is 17.5 Å². The van der Waals surface area contributed by atoms with Gasteiger partial charge >= 0.3 is 6.03 Å². The SMILES string of the molecule is CC1(C2CC2)NC(=O)N(CC(=O)Nc2ccccc2-c2nc3ccccc3s2)C1=O. The number of nitrogens with one attached hydrogen (secondary N) is 2. The molecule has 2 aliphatic rings. The number of amides is 4. The fourth-order valence-electron chi connectivity index (χ4n) is 3.90. The lowest BCUT2D eigenvalue weighted by molar-refractivity contribution is -0.134. The number of aromatic nitrogens is 1. The maximum Gasteiger partial charge on any atom is 0.325 e. The van der Waals surface area contributed by atoms with E-state index in [0.29, 0.717) is 5.69 Å². The van der Waals surface area contributed by atoms with Crippen molar-refractivity contribution in [1.29, 1.82) is 0 Å². The molecule has 2 fully saturated rings. The fraction of sp³-hybridized carbons (Fsp3) is 0.273. The van der Waals surface area contributed by atoms with Crippen LogP contribution >= 0.6 is 11.3 Å². The van der Waals surface area contributed by atoms with Crippen LogP contribution < -0.4 is 10.6 Å². The van der Waals surface area contributed by atoms with Crippen LogP contribution in [0.15, 0.2) is 48.5 Å². The van der Waals surface area contributed by atoms with Crippen molar-refractivity contribution in [2.45, 2.75) is 25.3 Å². The van der Waals surface area contributed by atoms with Crippen molar-refractivity contribution < 1.29 is 14.4 Å². The maximum atomic E-state index is 12.7. The van der Waals surface area contributed by atoms with Crippen molar-refractivity contribution in [2.75, 3.05) is 11.9 Å². The van der Waals surface area contributed by atoms with Gasteiger partial charge < -0.3 is 10.6 Å². The third-order valence-electron chi connectivity index (χ3n) is 5.72. The molecule has 152 valence electrons. The van der Waals surface area contributed by atoms with E-state index in [4.69, 9.17) is 0 Å². The molecule has 2 aromatic carbocycles. The van der Waals surface area contributed by atoms with E-state index in [2.05, 4.69) is 15.6 Å². The summed E-state index contributed by atoms with van der Waals surface area (Å²) in [5, 5.41) is 6.40. The molecule has 1 aliphatic heterocycles. The van der Waals surface area contributed by atoms with E-state index in [0.717, 1.165) is 38.5 Å². The van der Waals surface area contributed by atoms with Crippen molar-refractivity contribution in [2.24, 2.45) is 5.92 Å². The van der Waals surface area contributed by atoms with Gasteiger partial charge in [0.15, 0.2) is 0 Å². The summed E-state index contributed by atoms with van der Waals surface area (Å²) in [6, 6.07) is 14.7. The first kappa shape index (κ1) is 18.7. The van der Waals surface area contributed by atoms with Gasteiger partial charge in [-0.2, -0.15) is 0 Å². The van der Waals surface area contributed by atoms with Crippen molar-refractivity contribution in [3.63, 3.8) is 0 Å². The molecular weight excluding hydrogens is 400 g/mol. The Balaban J connectivity index is 1.36. The van der Waals surface area contributed by atoms with E-state index in [9.17, 15) is 14.4 Å². The van der Waals surface area contributed by atoms with Crippen LogP contribution in [-0.2, 0) is 9.59 Å². The van der Waals surface area contributed by atoms with E-state index in [1.807, 2.05) is 42.5 Å². The minimum Gasteiger partial charge on any atom is -0.324 e. The van der Waals surface area contributed by atoms with Gasteiger partial charge in [-0.1, -0.05) is 24.3 Å². The van der Waals surface area contributed by atoms with Crippen LogP contribution in [0.3, 0.4) is 0 Å². The van der Waals surface area contributed by atoms with Crippen LogP contribution in [0, 0.1) is 5.92 Å². The smallest absolute Gasteiger partial charge is 0.324 e. The number of para-hydroxylation sites is 2. The number of thiazole rings is 1. The molecule has 1 aromatic heterocycles. The van der Waals surface area contributed by atoms with Gasteiger partial charge in [-0.15, -0.1) is 11.3 Å². The molecule has 0 bridgehead atoms. The predicted octanol–water partition coefficient (Wildman–Crippen LogP) is 3.62. The molecule has 1 unspecified atom stereocenters. The van der Waals surface area contributed by atoms with Gasteiger partial charge in [0.2, 0.25) is 5.91 Å². The molecular formula is C22H20N4O3S. The van der Waals surface area contributed by atoms with E-state index in [-0.39, 0.29) is 18.4 Å². The zero-order chi connectivity index (χ0) is 20.9. The third-order valence-corrected chi connectivity index (χ3v) is 6.79. The second kappa shape index (κ2) is 6.91. The molecule has 1 saturated heterocycles. The van der Waals surface area contributed by atoms with Gasteiger partial charge in [0.1, 0.15) is 17.1 Å². The largest absolute Gasteiger partial charge is 0.325 e. The lowest BCUT2D eigenvalue weighted by Crippen LogP contribution is -2.46. The molecule has 0 spiro atoms. The number of hydrogen-bond donors (Lipinski definition) is 2. The molecule has 1 saturated carbocycles. The first-order valence-corrected chi connectivity index (χ1v) is 10.7. The topological polar surface area (TPSA) is 91.4 Å². The molecule has 4 amide bonds. The third kappa shape index (κ3) is 3.13. The first-order chi connectivity index (χ1) is 14.5. The van der Waals surface area contributed by atoms with Gasteiger partial charge in [0.05, 0.1) is 15.9 Å². The quantitative estimate of drug-likeness (QED) is 0.617. The maximum absolute atomic E-state index is 12.7. The van der Waals surface area contributed by atoms with Crippen molar-refractivity contribution >= 4 is 45.1 Å². The number of carbonyl (C=O) groups excluding carboxylic acids is 3. The molecule has 2 N–H and O–H groups in total. The molecule has 0 radical (unpaired) electrons. The van der Waals surface area contributed by atoms with Gasteiger partial charge in [-0.05, 0) is 49.9 Å². The summed E-state index contributed by atoms with van der Waals surface area (Å²) in [6.45, 7) is 1.42. The summed E-state index contributed by atoms with van der Waals surface area (Å²) in [6.07, 6.45) is 1.83. The van der Waals surface area contributed by atoms with Crippen molar-refractivity contribution in [1.82, 2.24) is 15.2 Å². The number of urea groups is 1. The number of rotatable bonds is 5. The molecule has 1 atom stereocenters. The minimum atomic E-state index is -0.893. The van der Waals surface area contributed by atoms with Crippen LogP contribution in [0.4, 0.5) is 10.5 Å². The van der Waals surface area contributed by atoms with Crippen LogP contribution in [0.2, 0.25) is 0 Å². The van der Waals surface area contributed by atoms with Gasteiger partial charge in [-0.3, -0.25) is 14.5 Å². The Morgan fingerprint density at radius 1 is 1.20 bits per heavy atom. The zero-order valence-corrected chi connectivity index (χ0v) is 17.2. The summed E-state index contributed by atoms with van der Waals surface area (Å²) in [5.74, 6) is -0.599. The van der Waals surface area contributed by atoms with E-state index >= 15 is 0 Å².